The summed E-state index contributed by atoms with van der Waals surface area (Å²) in [5, 5.41) is 1.86. The summed E-state index contributed by atoms with van der Waals surface area (Å²) >= 11 is 3.46. The lowest BCUT2D eigenvalue weighted by Gasteiger charge is -2.22. The lowest BCUT2D eigenvalue weighted by molar-refractivity contribution is 1.15. The minimum Gasteiger partial charge on any atom is -0.403 e. The third kappa shape index (κ3) is 3.28. The van der Waals surface area contributed by atoms with Crippen LogP contribution in [0.2, 0.25) is 0 Å². The number of benzene rings is 2. The summed E-state index contributed by atoms with van der Waals surface area (Å²) in [4.78, 5) is 0. The average molecular weight is 304 g/mol. The Labute approximate surface area is 115 Å². The normalized spacial score (nSPS) is 10.5. The standard InChI is InChI=1S/C14H14BrN3/c15-12-5-4-8-14(11-12)18(10-9-16)17-13-6-2-1-3-7-13/h1-11,17H,16H2/b10-9-. The Balaban J connectivity index is 2.24. The molecule has 0 radical (unpaired) electrons. The van der Waals surface area contributed by atoms with Crippen LogP contribution in [0.1, 0.15) is 0 Å². The zero-order valence-electron chi connectivity index (χ0n) is 9.75. The van der Waals surface area contributed by atoms with Crippen molar-refractivity contribution in [2.24, 2.45) is 5.73 Å². The molecule has 0 aliphatic rings. The summed E-state index contributed by atoms with van der Waals surface area (Å²) in [5.41, 5.74) is 10.7. The maximum Gasteiger partial charge on any atom is 0.0635 e. The Kier molecular flexibility index (Phi) is 4.25. The van der Waals surface area contributed by atoms with Crippen molar-refractivity contribution in [3.63, 3.8) is 0 Å². The van der Waals surface area contributed by atoms with Gasteiger partial charge >= 0.3 is 0 Å². The maximum atomic E-state index is 5.48. The molecule has 0 fully saturated rings. The molecule has 0 atom stereocenters. The van der Waals surface area contributed by atoms with Crippen molar-refractivity contribution in [2.75, 3.05) is 10.4 Å². The Morgan fingerprint density at radius 1 is 1.06 bits per heavy atom. The van der Waals surface area contributed by atoms with Crippen LogP contribution in [0.4, 0.5) is 11.4 Å². The largest absolute Gasteiger partial charge is 0.403 e. The van der Waals surface area contributed by atoms with E-state index in [0.29, 0.717) is 0 Å². The van der Waals surface area contributed by atoms with Crippen molar-refractivity contribution in [3.05, 3.63) is 71.5 Å². The highest BCUT2D eigenvalue weighted by Gasteiger charge is 2.03. The van der Waals surface area contributed by atoms with E-state index in [4.69, 9.17) is 5.73 Å². The van der Waals surface area contributed by atoms with Gasteiger partial charge in [-0.2, -0.15) is 0 Å². The van der Waals surface area contributed by atoms with Crippen molar-refractivity contribution in [1.82, 2.24) is 0 Å². The third-order valence-electron chi connectivity index (χ3n) is 2.34. The quantitative estimate of drug-likeness (QED) is 0.846. The predicted molar refractivity (Wildman–Crippen MR) is 80.0 cm³/mol. The lowest BCUT2D eigenvalue weighted by Crippen LogP contribution is -2.23. The van der Waals surface area contributed by atoms with E-state index in [1.807, 2.05) is 59.6 Å². The van der Waals surface area contributed by atoms with Crippen LogP contribution in [-0.2, 0) is 0 Å². The van der Waals surface area contributed by atoms with E-state index in [0.717, 1.165) is 15.8 Å². The van der Waals surface area contributed by atoms with Gasteiger partial charge in [-0.1, -0.05) is 40.2 Å². The summed E-state index contributed by atoms with van der Waals surface area (Å²) in [6.07, 6.45) is 3.27. The van der Waals surface area contributed by atoms with Crippen LogP contribution in [-0.4, -0.2) is 0 Å². The number of nitrogens with zero attached hydrogens (tertiary/aromatic N) is 1. The van der Waals surface area contributed by atoms with Gasteiger partial charge in [0.05, 0.1) is 11.4 Å². The summed E-state index contributed by atoms with van der Waals surface area (Å²) in [7, 11) is 0. The van der Waals surface area contributed by atoms with E-state index in [1.54, 1.807) is 6.20 Å². The molecule has 4 heteroatoms. The Morgan fingerprint density at radius 3 is 2.50 bits per heavy atom. The molecule has 18 heavy (non-hydrogen) atoms. The highest BCUT2D eigenvalue weighted by atomic mass is 79.9. The van der Waals surface area contributed by atoms with Gasteiger partial charge in [0.2, 0.25) is 0 Å². The van der Waals surface area contributed by atoms with Crippen LogP contribution in [0.5, 0.6) is 0 Å². The molecule has 0 saturated carbocycles. The summed E-state index contributed by atoms with van der Waals surface area (Å²) in [5.74, 6) is 0. The smallest absolute Gasteiger partial charge is 0.0635 e. The Bertz CT molecular complexity index is 526. The van der Waals surface area contributed by atoms with Gasteiger partial charge in [0, 0.05) is 16.9 Å². The molecule has 0 bridgehead atoms. The molecular weight excluding hydrogens is 290 g/mol. The average Bonchev–Trinajstić information content (AvgIpc) is 2.39. The summed E-state index contributed by atoms with van der Waals surface area (Å²) in [6, 6.07) is 17.9. The molecular formula is C14H14BrN3. The summed E-state index contributed by atoms with van der Waals surface area (Å²) in [6.45, 7) is 0. The van der Waals surface area contributed by atoms with Gasteiger partial charge in [-0.15, -0.1) is 0 Å². The molecule has 0 unspecified atom stereocenters. The monoisotopic (exact) mass is 303 g/mol. The van der Waals surface area contributed by atoms with Gasteiger partial charge in [-0.25, -0.2) is 0 Å². The maximum absolute atomic E-state index is 5.48. The zero-order chi connectivity index (χ0) is 12.8. The Morgan fingerprint density at radius 2 is 1.83 bits per heavy atom. The molecule has 0 amide bonds. The van der Waals surface area contributed by atoms with E-state index < -0.39 is 0 Å². The molecule has 92 valence electrons. The molecule has 3 nitrogen and oxygen atoms in total. The zero-order valence-corrected chi connectivity index (χ0v) is 11.3. The van der Waals surface area contributed by atoms with Gasteiger partial charge in [-0.3, -0.25) is 10.4 Å². The van der Waals surface area contributed by atoms with Crippen molar-refractivity contribution >= 4 is 27.3 Å². The number of hydrogen-bond acceptors (Lipinski definition) is 3. The van der Waals surface area contributed by atoms with Gasteiger partial charge in [0.25, 0.3) is 0 Å². The molecule has 0 aliphatic carbocycles. The SMILES string of the molecule is N/C=C\N(Nc1ccccc1)c1cccc(Br)c1. The van der Waals surface area contributed by atoms with Crippen molar-refractivity contribution < 1.29 is 0 Å². The van der Waals surface area contributed by atoms with Crippen LogP contribution in [0.25, 0.3) is 0 Å². The number of halogens is 1. The van der Waals surface area contributed by atoms with E-state index in [-0.39, 0.29) is 0 Å². The van der Waals surface area contributed by atoms with Gasteiger partial charge in [-0.05, 0) is 30.3 Å². The number of anilines is 2. The first-order chi connectivity index (χ1) is 8.79. The molecule has 0 spiro atoms. The molecule has 0 heterocycles. The van der Waals surface area contributed by atoms with Crippen LogP contribution in [0.15, 0.2) is 71.5 Å². The van der Waals surface area contributed by atoms with E-state index >= 15 is 0 Å². The number of rotatable bonds is 4. The second kappa shape index (κ2) is 6.12. The molecule has 2 aromatic rings. The van der Waals surface area contributed by atoms with E-state index in [9.17, 15) is 0 Å². The molecule has 2 rings (SSSR count). The van der Waals surface area contributed by atoms with Crippen molar-refractivity contribution in [1.29, 1.82) is 0 Å². The van der Waals surface area contributed by atoms with Gasteiger partial charge in [0.1, 0.15) is 0 Å². The third-order valence-corrected chi connectivity index (χ3v) is 2.84. The fraction of sp³-hybridized carbons (Fsp3) is 0. The molecule has 2 aromatic carbocycles. The second-order valence-electron chi connectivity index (χ2n) is 3.67. The van der Waals surface area contributed by atoms with Crippen LogP contribution >= 0.6 is 15.9 Å². The first-order valence-corrected chi connectivity index (χ1v) is 6.34. The van der Waals surface area contributed by atoms with Crippen LogP contribution < -0.4 is 16.2 Å². The fourth-order valence-corrected chi connectivity index (χ4v) is 1.94. The minimum atomic E-state index is 0.995. The first kappa shape index (κ1) is 12.5. The predicted octanol–water partition coefficient (Wildman–Crippen LogP) is 3.71. The molecule has 0 aliphatic heterocycles. The first-order valence-electron chi connectivity index (χ1n) is 5.54. The summed E-state index contributed by atoms with van der Waals surface area (Å²) < 4.78 is 1.02. The highest BCUT2D eigenvalue weighted by molar-refractivity contribution is 9.10. The topological polar surface area (TPSA) is 41.3 Å². The number of nitrogens with one attached hydrogen (secondary N) is 1. The lowest BCUT2D eigenvalue weighted by atomic mass is 10.3. The van der Waals surface area contributed by atoms with E-state index in [2.05, 4.69) is 21.4 Å². The van der Waals surface area contributed by atoms with Crippen LogP contribution in [0, 0.1) is 0 Å². The molecule has 0 aromatic heterocycles. The molecule has 3 N–H and O–H groups in total. The van der Waals surface area contributed by atoms with Crippen molar-refractivity contribution in [3.8, 4) is 0 Å². The number of hydrogen-bond donors (Lipinski definition) is 2. The highest BCUT2D eigenvalue weighted by Crippen LogP contribution is 2.21. The van der Waals surface area contributed by atoms with E-state index in [1.165, 1.54) is 6.20 Å². The van der Waals surface area contributed by atoms with Gasteiger partial charge in [0.15, 0.2) is 0 Å². The number of nitrogens with two attached hydrogens (primary N) is 1. The molecule has 0 saturated heterocycles. The fourth-order valence-electron chi connectivity index (χ4n) is 1.55. The minimum absolute atomic E-state index is 0.995. The second-order valence-corrected chi connectivity index (χ2v) is 4.58. The number of hydrazine groups is 1. The van der Waals surface area contributed by atoms with Gasteiger partial charge < -0.3 is 5.73 Å². The number of para-hydroxylation sites is 1. The van der Waals surface area contributed by atoms with Crippen molar-refractivity contribution in [2.45, 2.75) is 0 Å². The van der Waals surface area contributed by atoms with Crippen LogP contribution in [0.3, 0.4) is 0 Å². The Hall–Kier alpha value is -1.94.